The Bertz CT molecular complexity index is 1290. The number of hydrogen-bond acceptors (Lipinski definition) is 6. The number of carbonyl (C=O) groups excluding carboxylic acids is 1. The third kappa shape index (κ3) is 6.66. The van der Waals surface area contributed by atoms with Crippen molar-refractivity contribution < 1.29 is 32.6 Å². The van der Waals surface area contributed by atoms with Crippen molar-refractivity contribution in [3.8, 4) is 5.75 Å². The second-order valence-electron chi connectivity index (χ2n) is 9.69. The zero-order valence-electron chi connectivity index (χ0n) is 20.5. The first-order valence-corrected chi connectivity index (χ1v) is 13.3. The molecule has 39 heavy (non-hydrogen) atoms. The van der Waals surface area contributed by atoms with E-state index in [9.17, 15) is 9.90 Å². The minimum atomic E-state index is -3.98. The number of nitrogens with one attached hydrogen (secondary N) is 1. The number of aliphatic hydroxyl groups excluding tert-OH is 1. The lowest BCUT2D eigenvalue weighted by Crippen LogP contribution is -2.50. The minimum Gasteiger partial charge on any atom is -0.486 e. The molecule has 2 aliphatic heterocycles. The van der Waals surface area contributed by atoms with Crippen molar-refractivity contribution in [2.75, 3.05) is 32.8 Å². The largest absolute Gasteiger partial charge is 0.486 e. The van der Waals surface area contributed by atoms with Crippen molar-refractivity contribution >= 4 is 40.1 Å². The van der Waals surface area contributed by atoms with Crippen LogP contribution >= 0.6 is 23.2 Å². The molecule has 3 aromatic rings. The summed E-state index contributed by atoms with van der Waals surface area (Å²) in [5.74, 6) is -5.91. The highest BCUT2D eigenvalue weighted by molar-refractivity contribution is 6.32. The van der Waals surface area contributed by atoms with Crippen LogP contribution in [-0.2, 0) is 15.5 Å². The summed E-state index contributed by atoms with van der Waals surface area (Å²) in [5.41, 5.74) is 0.558. The van der Waals surface area contributed by atoms with Gasteiger partial charge in [-0.15, -0.1) is 0 Å². The number of hydrogen-bond donors (Lipinski definition) is 2. The van der Waals surface area contributed by atoms with Gasteiger partial charge in [0.2, 0.25) is 0 Å². The predicted octanol–water partition coefficient (Wildman–Crippen LogP) is 5.95. The van der Waals surface area contributed by atoms with Crippen LogP contribution in [0.4, 0.5) is 8.78 Å². The number of aliphatic hydroxyl groups is 1. The first-order valence-electron chi connectivity index (χ1n) is 12.5. The molecule has 1 aromatic heterocycles. The number of likely N-dealkylation sites (tertiary alicyclic amines) is 1. The van der Waals surface area contributed by atoms with Gasteiger partial charge in [0.25, 0.3) is 5.91 Å². The molecular weight excluding hydrogens is 553 g/mol. The Morgan fingerprint density at radius 1 is 1.18 bits per heavy atom. The first kappa shape index (κ1) is 29.6. The third-order valence-corrected chi connectivity index (χ3v) is 7.43. The lowest BCUT2D eigenvalue weighted by molar-refractivity contribution is -0.151. The van der Waals surface area contributed by atoms with Crippen LogP contribution in [0.3, 0.4) is 0 Å². The number of carbonyl (C=O) groups is 1. The van der Waals surface area contributed by atoms with E-state index in [4.69, 9.17) is 37.1 Å². The molecule has 0 saturated carbocycles. The molecule has 2 saturated heterocycles. The van der Waals surface area contributed by atoms with Crippen molar-refractivity contribution in [3.05, 3.63) is 63.8 Å². The highest BCUT2D eigenvalue weighted by Crippen LogP contribution is 2.35. The van der Waals surface area contributed by atoms with E-state index >= 15 is 8.78 Å². The SMILES string of the molecule is C.O=C(N[C@H](CN1CCCC1)[C@H](O)c1ccc(OC2CCOC2)c(Cl)c1)C(F)(F)c1cc2cc(Cl)ccc2o1. The maximum Gasteiger partial charge on any atom is 0.380 e. The van der Waals surface area contributed by atoms with Gasteiger partial charge in [-0.3, -0.25) is 4.79 Å². The molecule has 11 heteroatoms. The summed E-state index contributed by atoms with van der Waals surface area (Å²) in [4.78, 5) is 14.9. The Morgan fingerprint density at radius 3 is 2.64 bits per heavy atom. The van der Waals surface area contributed by atoms with Crippen molar-refractivity contribution in [2.24, 2.45) is 0 Å². The molecule has 0 bridgehead atoms. The lowest BCUT2D eigenvalue weighted by Gasteiger charge is -2.30. The number of benzene rings is 2. The minimum absolute atomic E-state index is 0. The van der Waals surface area contributed by atoms with Gasteiger partial charge in [0, 0.05) is 23.4 Å². The van der Waals surface area contributed by atoms with Gasteiger partial charge in [0.15, 0.2) is 5.76 Å². The fraction of sp³-hybridized carbons (Fsp3) is 0.464. The fourth-order valence-electron chi connectivity index (χ4n) is 4.82. The van der Waals surface area contributed by atoms with E-state index in [0.29, 0.717) is 34.9 Å². The van der Waals surface area contributed by atoms with Crippen LogP contribution < -0.4 is 10.1 Å². The van der Waals surface area contributed by atoms with Crippen LogP contribution in [0.5, 0.6) is 5.75 Å². The summed E-state index contributed by atoms with van der Waals surface area (Å²) < 4.78 is 47.0. The molecule has 3 heterocycles. The average Bonchev–Trinajstić information content (AvgIpc) is 3.66. The normalized spacial score (nSPS) is 19.6. The van der Waals surface area contributed by atoms with Gasteiger partial charge in [0.1, 0.15) is 23.5 Å². The Labute approximate surface area is 235 Å². The quantitative estimate of drug-likeness (QED) is 0.323. The van der Waals surface area contributed by atoms with Crippen LogP contribution in [0.1, 0.15) is 44.1 Å². The Kier molecular flexibility index (Phi) is 9.39. The lowest BCUT2D eigenvalue weighted by atomic mass is 10.0. The number of nitrogens with zero attached hydrogens (tertiary/aromatic N) is 1. The summed E-state index contributed by atoms with van der Waals surface area (Å²) in [6, 6.07) is 9.30. The van der Waals surface area contributed by atoms with E-state index in [-0.39, 0.29) is 30.7 Å². The summed E-state index contributed by atoms with van der Waals surface area (Å²) >= 11 is 12.4. The number of halogens is 4. The molecule has 1 unspecified atom stereocenters. The van der Waals surface area contributed by atoms with Gasteiger partial charge >= 0.3 is 5.92 Å². The van der Waals surface area contributed by atoms with Crippen LogP contribution in [-0.4, -0.2) is 60.9 Å². The molecule has 5 rings (SSSR count). The molecule has 0 aliphatic carbocycles. The van der Waals surface area contributed by atoms with Crippen molar-refractivity contribution in [1.29, 1.82) is 0 Å². The molecule has 2 aromatic carbocycles. The molecule has 2 fully saturated rings. The van der Waals surface area contributed by atoms with Gasteiger partial charge < -0.3 is 29.2 Å². The van der Waals surface area contributed by atoms with Crippen LogP contribution in [0.25, 0.3) is 11.0 Å². The number of rotatable bonds is 9. The van der Waals surface area contributed by atoms with E-state index in [1.807, 2.05) is 4.90 Å². The van der Waals surface area contributed by atoms with Crippen molar-refractivity contribution in [1.82, 2.24) is 10.2 Å². The molecule has 3 atom stereocenters. The second kappa shape index (κ2) is 12.4. The molecule has 0 radical (unpaired) electrons. The highest BCUT2D eigenvalue weighted by Gasteiger charge is 2.46. The highest BCUT2D eigenvalue weighted by atomic mass is 35.5. The maximum atomic E-state index is 15.3. The van der Waals surface area contributed by atoms with E-state index in [0.717, 1.165) is 38.4 Å². The number of furan rings is 1. The van der Waals surface area contributed by atoms with Gasteiger partial charge in [-0.05, 0) is 67.9 Å². The van der Waals surface area contributed by atoms with Gasteiger partial charge in [-0.2, -0.15) is 8.78 Å². The zero-order valence-corrected chi connectivity index (χ0v) is 22.0. The number of ether oxygens (including phenoxy) is 2. The Morgan fingerprint density at radius 2 is 1.95 bits per heavy atom. The van der Waals surface area contributed by atoms with Crippen LogP contribution in [0, 0.1) is 0 Å². The first-order chi connectivity index (χ1) is 18.2. The summed E-state index contributed by atoms with van der Waals surface area (Å²) in [6.45, 7) is 2.77. The maximum absolute atomic E-state index is 15.3. The molecule has 1 amide bonds. The summed E-state index contributed by atoms with van der Waals surface area (Å²) in [6.07, 6.45) is 1.25. The second-order valence-corrected chi connectivity index (χ2v) is 10.5. The Hall–Kier alpha value is -2.43. The smallest absolute Gasteiger partial charge is 0.380 e. The third-order valence-electron chi connectivity index (χ3n) is 6.90. The van der Waals surface area contributed by atoms with E-state index in [1.54, 1.807) is 12.1 Å². The average molecular weight is 585 g/mol. The topological polar surface area (TPSA) is 84.2 Å². The fourth-order valence-corrected chi connectivity index (χ4v) is 5.24. The van der Waals surface area contributed by atoms with E-state index < -0.39 is 29.7 Å². The van der Waals surface area contributed by atoms with E-state index in [1.165, 1.54) is 24.3 Å². The van der Waals surface area contributed by atoms with Gasteiger partial charge in [0.05, 0.1) is 24.3 Å². The zero-order chi connectivity index (χ0) is 26.9. The summed E-state index contributed by atoms with van der Waals surface area (Å²) in [5, 5.41) is 14.6. The predicted molar refractivity (Wildman–Crippen MR) is 146 cm³/mol. The molecule has 2 aliphatic rings. The van der Waals surface area contributed by atoms with E-state index in [2.05, 4.69) is 5.32 Å². The molecule has 2 N–H and O–H groups in total. The van der Waals surface area contributed by atoms with Crippen LogP contribution in [0.2, 0.25) is 10.0 Å². The summed E-state index contributed by atoms with van der Waals surface area (Å²) in [7, 11) is 0. The van der Waals surface area contributed by atoms with Crippen molar-refractivity contribution in [3.63, 3.8) is 0 Å². The van der Waals surface area contributed by atoms with Gasteiger partial charge in [-0.1, -0.05) is 36.7 Å². The molecule has 0 spiro atoms. The van der Waals surface area contributed by atoms with Crippen LogP contribution in [0.15, 0.2) is 46.9 Å². The monoisotopic (exact) mass is 584 g/mol. The molecule has 212 valence electrons. The number of fused-ring (bicyclic) bond motifs is 1. The Balaban J connectivity index is 0.00000353. The standard InChI is InChI=1S/C27H28Cl2F2N2O5.CH4/c28-18-4-6-22-17(11-18)13-24(38-22)27(30,31)26(35)32-21(14-33-8-1-2-9-33)25(34)16-3-5-23(20(29)12-16)37-19-7-10-36-15-19;/h3-6,11-13,19,21,25,34H,1-2,7-10,14-15H2,(H,32,35);1H4/t19?,21-,25-;/m1./s1. The molecular formula is C28H32Cl2F2N2O5. The number of alkyl halides is 2. The van der Waals surface area contributed by atoms with Crippen molar-refractivity contribution in [2.45, 2.75) is 50.9 Å². The van der Waals surface area contributed by atoms with Gasteiger partial charge in [-0.25, -0.2) is 0 Å². The number of amides is 1. The molecule has 7 nitrogen and oxygen atoms in total.